The number of hydrogen-bond acceptors (Lipinski definition) is 7. The summed E-state index contributed by atoms with van der Waals surface area (Å²) in [4.78, 5) is 32.3. The van der Waals surface area contributed by atoms with Crippen LogP contribution in [0.15, 0.2) is 31.0 Å². The van der Waals surface area contributed by atoms with E-state index in [1.807, 2.05) is 4.90 Å². The molecule has 126 valence electrons. The van der Waals surface area contributed by atoms with Gasteiger partial charge in [-0.15, -0.1) is 0 Å². The molecule has 1 aliphatic rings. The third kappa shape index (κ3) is 3.48. The van der Waals surface area contributed by atoms with Crippen LogP contribution in [0.5, 0.6) is 0 Å². The molecule has 0 aromatic carbocycles. The van der Waals surface area contributed by atoms with E-state index in [1.165, 1.54) is 17.3 Å². The Labute approximate surface area is 140 Å². The standard InChI is InChI=1S/C16H20N6O2/c1-12-19-7-13(8-20-12)15(23)21(2)10-16(24)3-6-22(11-16)14-9-17-4-5-18-14/h4-5,7-9,24H,3,6,10-11H2,1-2H3. The highest BCUT2D eigenvalue weighted by Gasteiger charge is 2.38. The molecule has 0 bridgehead atoms. The molecule has 0 saturated carbocycles. The molecule has 0 radical (unpaired) electrons. The molecule has 3 rings (SSSR count). The number of rotatable bonds is 4. The smallest absolute Gasteiger partial charge is 0.256 e. The lowest BCUT2D eigenvalue weighted by Crippen LogP contribution is -2.46. The first-order chi connectivity index (χ1) is 11.5. The summed E-state index contributed by atoms with van der Waals surface area (Å²) in [5, 5.41) is 10.8. The molecule has 24 heavy (non-hydrogen) atoms. The van der Waals surface area contributed by atoms with Gasteiger partial charge in [0.1, 0.15) is 17.2 Å². The summed E-state index contributed by atoms with van der Waals surface area (Å²) in [5.74, 6) is 1.14. The number of β-amino-alcohol motifs (C(OH)–C–C–N with tert-alkyl or cyclic N) is 1. The van der Waals surface area contributed by atoms with Crippen LogP contribution < -0.4 is 4.90 Å². The van der Waals surface area contributed by atoms with Crippen LogP contribution in [0.3, 0.4) is 0 Å². The van der Waals surface area contributed by atoms with E-state index < -0.39 is 5.60 Å². The Bertz CT molecular complexity index is 708. The van der Waals surface area contributed by atoms with Crippen LogP contribution in [0.1, 0.15) is 22.6 Å². The maximum absolute atomic E-state index is 12.4. The Morgan fingerprint density at radius 3 is 2.71 bits per heavy atom. The van der Waals surface area contributed by atoms with Gasteiger partial charge in [0.25, 0.3) is 5.91 Å². The van der Waals surface area contributed by atoms with Crippen molar-refractivity contribution < 1.29 is 9.90 Å². The summed E-state index contributed by atoms with van der Waals surface area (Å²) < 4.78 is 0. The first kappa shape index (κ1) is 16.3. The molecule has 1 atom stereocenters. The monoisotopic (exact) mass is 328 g/mol. The van der Waals surface area contributed by atoms with E-state index in [1.54, 1.807) is 32.6 Å². The molecule has 0 spiro atoms. The lowest BCUT2D eigenvalue weighted by Gasteiger charge is -2.29. The number of carbonyl (C=O) groups is 1. The first-order valence-electron chi connectivity index (χ1n) is 7.74. The van der Waals surface area contributed by atoms with E-state index in [2.05, 4.69) is 19.9 Å². The van der Waals surface area contributed by atoms with Crippen molar-refractivity contribution in [2.45, 2.75) is 18.9 Å². The van der Waals surface area contributed by atoms with Gasteiger partial charge in [-0.25, -0.2) is 15.0 Å². The fourth-order valence-electron chi connectivity index (χ4n) is 2.87. The summed E-state index contributed by atoms with van der Waals surface area (Å²) in [6.45, 7) is 3.08. The van der Waals surface area contributed by atoms with Gasteiger partial charge in [0, 0.05) is 44.9 Å². The van der Waals surface area contributed by atoms with Crippen molar-refractivity contribution >= 4 is 11.7 Å². The Kier molecular flexibility index (Phi) is 4.39. The van der Waals surface area contributed by atoms with E-state index in [0.29, 0.717) is 30.9 Å². The quantitative estimate of drug-likeness (QED) is 0.861. The van der Waals surface area contributed by atoms with Crippen molar-refractivity contribution in [2.24, 2.45) is 0 Å². The molecule has 1 unspecified atom stereocenters. The van der Waals surface area contributed by atoms with Gasteiger partial charge in [-0.2, -0.15) is 0 Å². The van der Waals surface area contributed by atoms with Crippen LogP contribution in [0.2, 0.25) is 0 Å². The molecule has 0 aliphatic carbocycles. The second-order valence-electron chi connectivity index (χ2n) is 6.14. The molecule has 1 fully saturated rings. The molecule has 2 aromatic heterocycles. The van der Waals surface area contributed by atoms with Gasteiger partial charge in [-0.05, 0) is 13.3 Å². The van der Waals surface area contributed by atoms with Crippen LogP contribution in [0.4, 0.5) is 5.82 Å². The van der Waals surface area contributed by atoms with Crippen molar-refractivity contribution in [2.75, 3.05) is 31.6 Å². The summed E-state index contributed by atoms with van der Waals surface area (Å²) in [7, 11) is 1.67. The molecule has 1 N–H and O–H groups in total. The molecule has 1 aliphatic heterocycles. The van der Waals surface area contributed by atoms with Crippen LogP contribution in [0, 0.1) is 6.92 Å². The minimum Gasteiger partial charge on any atom is -0.386 e. The van der Waals surface area contributed by atoms with Crippen LogP contribution >= 0.6 is 0 Å². The topological polar surface area (TPSA) is 95.3 Å². The Balaban J connectivity index is 1.64. The number of aryl methyl sites for hydroxylation is 1. The second-order valence-corrected chi connectivity index (χ2v) is 6.14. The summed E-state index contributed by atoms with van der Waals surface area (Å²) >= 11 is 0. The Morgan fingerprint density at radius 1 is 1.29 bits per heavy atom. The van der Waals surface area contributed by atoms with Gasteiger partial charge >= 0.3 is 0 Å². The van der Waals surface area contributed by atoms with Crippen LogP contribution in [-0.2, 0) is 0 Å². The third-order valence-electron chi connectivity index (χ3n) is 4.11. The fourth-order valence-corrected chi connectivity index (χ4v) is 2.87. The Morgan fingerprint density at radius 2 is 2.04 bits per heavy atom. The number of aromatic nitrogens is 4. The zero-order valence-electron chi connectivity index (χ0n) is 13.8. The predicted molar refractivity (Wildman–Crippen MR) is 87.5 cm³/mol. The predicted octanol–water partition coefficient (Wildman–Crippen LogP) is 0.288. The van der Waals surface area contributed by atoms with E-state index in [9.17, 15) is 9.90 Å². The van der Waals surface area contributed by atoms with Gasteiger partial charge in [0.2, 0.25) is 0 Å². The normalized spacial score (nSPS) is 20.2. The minimum absolute atomic E-state index is 0.207. The Hall–Kier alpha value is -2.61. The largest absolute Gasteiger partial charge is 0.386 e. The van der Waals surface area contributed by atoms with Gasteiger partial charge < -0.3 is 14.9 Å². The zero-order chi connectivity index (χ0) is 17.2. The molecule has 2 aromatic rings. The first-order valence-corrected chi connectivity index (χ1v) is 7.74. The SMILES string of the molecule is Cc1ncc(C(=O)N(C)CC2(O)CCN(c3cnccn3)C2)cn1. The van der Waals surface area contributed by atoms with Gasteiger partial charge in [-0.3, -0.25) is 9.78 Å². The van der Waals surface area contributed by atoms with E-state index in [4.69, 9.17) is 0 Å². The molecule has 8 nitrogen and oxygen atoms in total. The van der Waals surface area contributed by atoms with Crippen molar-refractivity contribution in [3.8, 4) is 0 Å². The average Bonchev–Trinajstić information content (AvgIpc) is 2.97. The minimum atomic E-state index is -0.979. The average molecular weight is 328 g/mol. The molecular weight excluding hydrogens is 308 g/mol. The van der Waals surface area contributed by atoms with Crippen molar-refractivity contribution in [3.05, 3.63) is 42.4 Å². The van der Waals surface area contributed by atoms with E-state index in [-0.39, 0.29) is 12.5 Å². The number of hydrogen-bond donors (Lipinski definition) is 1. The summed E-state index contributed by atoms with van der Waals surface area (Å²) in [6, 6.07) is 0. The van der Waals surface area contributed by atoms with E-state index >= 15 is 0 Å². The lowest BCUT2D eigenvalue weighted by molar-refractivity contribution is 0.0264. The number of nitrogens with zero attached hydrogens (tertiary/aromatic N) is 6. The summed E-state index contributed by atoms with van der Waals surface area (Å²) in [5.41, 5.74) is -0.566. The van der Waals surface area contributed by atoms with E-state index in [0.717, 1.165) is 5.82 Å². The fraction of sp³-hybridized carbons (Fsp3) is 0.438. The van der Waals surface area contributed by atoms with Crippen molar-refractivity contribution in [3.63, 3.8) is 0 Å². The van der Waals surface area contributed by atoms with Gasteiger partial charge in [-0.1, -0.05) is 0 Å². The molecule has 1 saturated heterocycles. The van der Waals surface area contributed by atoms with Crippen LogP contribution in [0.25, 0.3) is 0 Å². The van der Waals surface area contributed by atoms with Crippen molar-refractivity contribution in [1.82, 2.24) is 24.8 Å². The zero-order valence-corrected chi connectivity index (χ0v) is 13.8. The molecule has 1 amide bonds. The lowest BCUT2D eigenvalue weighted by atomic mass is 10.0. The maximum atomic E-state index is 12.4. The highest BCUT2D eigenvalue weighted by atomic mass is 16.3. The highest BCUT2D eigenvalue weighted by molar-refractivity contribution is 5.93. The van der Waals surface area contributed by atoms with Gasteiger partial charge in [0.05, 0.1) is 18.3 Å². The number of aliphatic hydroxyl groups is 1. The van der Waals surface area contributed by atoms with Crippen molar-refractivity contribution in [1.29, 1.82) is 0 Å². The van der Waals surface area contributed by atoms with Gasteiger partial charge in [0.15, 0.2) is 0 Å². The third-order valence-corrected chi connectivity index (χ3v) is 4.11. The number of anilines is 1. The molecule has 8 heteroatoms. The summed E-state index contributed by atoms with van der Waals surface area (Å²) in [6.07, 6.45) is 8.48. The molecule has 3 heterocycles. The number of likely N-dealkylation sites (N-methyl/N-ethyl adjacent to an activating group) is 1. The maximum Gasteiger partial charge on any atom is 0.256 e. The second kappa shape index (κ2) is 6.48. The molecular formula is C16H20N6O2. The number of carbonyl (C=O) groups excluding carboxylic acids is 1. The van der Waals surface area contributed by atoms with Crippen LogP contribution in [-0.4, -0.2) is 68.1 Å². The highest BCUT2D eigenvalue weighted by Crippen LogP contribution is 2.26. The number of amides is 1.